The van der Waals surface area contributed by atoms with Crippen LogP contribution in [0.1, 0.15) is 12.8 Å². The number of nitrogens with two attached hydrogens (primary N) is 1. The van der Waals surface area contributed by atoms with Gasteiger partial charge in [-0.15, -0.1) is 0 Å². The largest absolute Gasteiger partial charge is 0.330 e. The van der Waals surface area contributed by atoms with Gasteiger partial charge >= 0.3 is 0 Å². The summed E-state index contributed by atoms with van der Waals surface area (Å²) in [6, 6.07) is 0.241. The third-order valence-corrected chi connectivity index (χ3v) is 2.15. The molecule has 1 aliphatic heterocycles. The monoisotopic (exact) mass is 160 g/mol. The zero-order valence-electron chi connectivity index (χ0n) is 5.79. The van der Waals surface area contributed by atoms with E-state index in [1.54, 1.807) is 4.90 Å². The lowest BCUT2D eigenvalue weighted by molar-refractivity contribution is 0.220. The molecule has 0 saturated carbocycles. The summed E-state index contributed by atoms with van der Waals surface area (Å²) in [5, 5.41) is -0.145. The summed E-state index contributed by atoms with van der Waals surface area (Å²) in [7, 11) is 0. The highest BCUT2D eigenvalue weighted by Gasteiger charge is 2.25. The van der Waals surface area contributed by atoms with Gasteiger partial charge in [0.1, 0.15) is 0 Å². The van der Waals surface area contributed by atoms with Crippen molar-refractivity contribution < 1.29 is 4.79 Å². The smallest absolute Gasteiger partial charge is 0.278 e. The molecule has 1 fully saturated rings. The molecule has 4 heteroatoms. The minimum absolute atomic E-state index is 0.145. The first-order valence-electron chi connectivity index (χ1n) is 3.45. The maximum atomic E-state index is 10.7. The molecule has 1 rings (SSSR count). The highest BCUT2D eigenvalue weighted by Crippen LogP contribution is 2.17. The molecule has 0 aromatic heterocycles. The van der Waals surface area contributed by atoms with E-state index in [-0.39, 0.29) is 11.3 Å². The van der Waals surface area contributed by atoms with Crippen LogP contribution in [0.4, 0.5) is 4.79 Å². The van der Waals surface area contributed by atoms with Gasteiger partial charge in [0, 0.05) is 19.1 Å². The topological polar surface area (TPSA) is 46.3 Å². The van der Waals surface area contributed by atoms with Crippen LogP contribution in [0.15, 0.2) is 0 Å². The van der Waals surface area contributed by atoms with Crippen LogP contribution >= 0.6 is 12.6 Å². The van der Waals surface area contributed by atoms with E-state index < -0.39 is 0 Å². The van der Waals surface area contributed by atoms with Gasteiger partial charge in [-0.3, -0.25) is 4.79 Å². The molecular formula is C6H12N2OS. The van der Waals surface area contributed by atoms with E-state index in [2.05, 4.69) is 12.6 Å². The van der Waals surface area contributed by atoms with Crippen LogP contribution in [0.5, 0.6) is 0 Å². The van der Waals surface area contributed by atoms with Crippen LogP contribution in [-0.4, -0.2) is 29.3 Å². The second kappa shape index (κ2) is 3.25. The van der Waals surface area contributed by atoms with Gasteiger partial charge < -0.3 is 10.6 Å². The highest BCUT2D eigenvalue weighted by atomic mass is 32.1. The molecule has 0 radical (unpaired) electrons. The van der Waals surface area contributed by atoms with Gasteiger partial charge in [0.15, 0.2) is 0 Å². The third-order valence-electron chi connectivity index (χ3n) is 1.89. The van der Waals surface area contributed by atoms with Crippen LogP contribution in [0.25, 0.3) is 0 Å². The average Bonchev–Trinajstić information content (AvgIpc) is 2.33. The Morgan fingerprint density at radius 1 is 1.80 bits per heavy atom. The van der Waals surface area contributed by atoms with E-state index >= 15 is 0 Å². The van der Waals surface area contributed by atoms with E-state index in [0.29, 0.717) is 6.54 Å². The molecule has 0 unspecified atom stereocenters. The number of thiol groups is 1. The van der Waals surface area contributed by atoms with E-state index in [9.17, 15) is 4.79 Å². The Kier molecular flexibility index (Phi) is 2.56. The molecule has 58 valence electrons. The highest BCUT2D eigenvalue weighted by molar-refractivity contribution is 7.96. The fourth-order valence-electron chi connectivity index (χ4n) is 1.33. The Balaban J connectivity index is 2.50. The molecule has 1 atom stereocenters. The van der Waals surface area contributed by atoms with E-state index in [4.69, 9.17) is 5.73 Å². The van der Waals surface area contributed by atoms with Crippen molar-refractivity contribution in [3.63, 3.8) is 0 Å². The molecule has 3 nitrogen and oxygen atoms in total. The maximum Gasteiger partial charge on any atom is 0.278 e. The summed E-state index contributed by atoms with van der Waals surface area (Å²) >= 11 is 3.74. The summed E-state index contributed by atoms with van der Waals surface area (Å²) < 4.78 is 0. The van der Waals surface area contributed by atoms with Gasteiger partial charge in [-0.25, -0.2) is 0 Å². The van der Waals surface area contributed by atoms with Gasteiger partial charge in [0.2, 0.25) is 0 Å². The van der Waals surface area contributed by atoms with Crippen molar-refractivity contribution in [2.24, 2.45) is 5.73 Å². The van der Waals surface area contributed by atoms with Crippen molar-refractivity contribution in [1.29, 1.82) is 0 Å². The van der Waals surface area contributed by atoms with E-state index in [1.165, 1.54) is 0 Å². The molecule has 1 amide bonds. The number of carbonyl (C=O) groups is 1. The summed E-state index contributed by atoms with van der Waals surface area (Å²) in [6.45, 7) is 1.39. The Morgan fingerprint density at radius 2 is 2.50 bits per heavy atom. The van der Waals surface area contributed by atoms with Crippen LogP contribution in [0.2, 0.25) is 0 Å². The van der Waals surface area contributed by atoms with Crippen LogP contribution in [-0.2, 0) is 0 Å². The van der Waals surface area contributed by atoms with Crippen molar-refractivity contribution >= 4 is 17.9 Å². The van der Waals surface area contributed by atoms with Gasteiger partial charge in [0.05, 0.1) is 0 Å². The molecule has 2 N–H and O–H groups in total. The van der Waals surface area contributed by atoms with E-state index in [0.717, 1.165) is 19.4 Å². The van der Waals surface area contributed by atoms with Crippen LogP contribution in [0.3, 0.4) is 0 Å². The zero-order chi connectivity index (χ0) is 7.56. The summed E-state index contributed by atoms with van der Waals surface area (Å²) in [5.74, 6) is 0. The summed E-state index contributed by atoms with van der Waals surface area (Å²) in [4.78, 5) is 12.5. The number of rotatable bonds is 1. The first-order chi connectivity index (χ1) is 4.75. The Labute approximate surface area is 66.0 Å². The second-order valence-electron chi connectivity index (χ2n) is 2.51. The SMILES string of the molecule is NC[C@@H]1CCCN1C(=O)S. The fourth-order valence-corrected chi connectivity index (χ4v) is 1.60. The van der Waals surface area contributed by atoms with Gasteiger partial charge in [-0.1, -0.05) is 12.6 Å². The Morgan fingerprint density at radius 3 is 2.90 bits per heavy atom. The molecule has 0 aliphatic carbocycles. The zero-order valence-corrected chi connectivity index (χ0v) is 6.68. The van der Waals surface area contributed by atoms with Crippen molar-refractivity contribution in [3.05, 3.63) is 0 Å². The van der Waals surface area contributed by atoms with Crippen molar-refractivity contribution in [2.45, 2.75) is 18.9 Å². The Hall–Kier alpha value is -0.220. The number of hydrogen-bond donors (Lipinski definition) is 2. The van der Waals surface area contributed by atoms with Gasteiger partial charge in [0.25, 0.3) is 5.24 Å². The molecule has 0 aromatic rings. The number of likely N-dealkylation sites (tertiary alicyclic amines) is 1. The van der Waals surface area contributed by atoms with Crippen LogP contribution < -0.4 is 5.73 Å². The lowest BCUT2D eigenvalue weighted by Gasteiger charge is -2.20. The standard InChI is InChI=1S/C6H12N2OS/c7-4-5-2-1-3-8(5)6(9)10/h5H,1-4,7H2,(H,9,10)/t5-/m0/s1. The van der Waals surface area contributed by atoms with Crippen molar-refractivity contribution in [3.8, 4) is 0 Å². The third kappa shape index (κ3) is 1.44. The number of carbonyl (C=O) groups excluding carboxylic acids is 1. The lowest BCUT2D eigenvalue weighted by Crippen LogP contribution is -2.36. The Bertz CT molecular complexity index is 140. The molecule has 1 aliphatic rings. The van der Waals surface area contributed by atoms with Crippen molar-refractivity contribution in [2.75, 3.05) is 13.1 Å². The van der Waals surface area contributed by atoms with Gasteiger partial charge in [-0.2, -0.15) is 0 Å². The molecule has 0 spiro atoms. The van der Waals surface area contributed by atoms with Crippen LogP contribution in [0, 0.1) is 0 Å². The predicted molar refractivity (Wildman–Crippen MR) is 43.2 cm³/mol. The molecule has 0 aromatic carbocycles. The van der Waals surface area contributed by atoms with Crippen molar-refractivity contribution in [1.82, 2.24) is 4.90 Å². The molecule has 1 heterocycles. The lowest BCUT2D eigenvalue weighted by atomic mass is 10.2. The van der Waals surface area contributed by atoms with E-state index in [1.807, 2.05) is 0 Å². The summed E-state index contributed by atoms with van der Waals surface area (Å²) in [6.07, 6.45) is 2.09. The first kappa shape index (κ1) is 7.88. The molecule has 1 saturated heterocycles. The number of nitrogens with zero attached hydrogens (tertiary/aromatic N) is 1. The maximum absolute atomic E-state index is 10.7. The minimum atomic E-state index is -0.145. The average molecular weight is 160 g/mol. The molecular weight excluding hydrogens is 148 g/mol. The number of hydrogen-bond acceptors (Lipinski definition) is 2. The predicted octanol–water partition coefficient (Wildman–Crippen LogP) is 0.459. The second-order valence-corrected chi connectivity index (χ2v) is 2.89. The number of amides is 1. The first-order valence-corrected chi connectivity index (χ1v) is 3.90. The fraction of sp³-hybridized carbons (Fsp3) is 0.833. The quantitative estimate of drug-likeness (QED) is 0.547. The summed E-state index contributed by atoms with van der Waals surface area (Å²) in [5.41, 5.74) is 5.43. The minimum Gasteiger partial charge on any atom is -0.330 e. The normalized spacial score (nSPS) is 25.4. The molecule has 0 bridgehead atoms. The molecule has 10 heavy (non-hydrogen) atoms. The van der Waals surface area contributed by atoms with Gasteiger partial charge in [-0.05, 0) is 12.8 Å².